The van der Waals surface area contributed by atoms with Gasteiger partial charge in [0.1, 0.15) is 6.54 Å². The molecule has 1 amide bonds. The fourth-order valence-electron chi connectivity index (χ4n) is 1.46. The minimum atomic E-state index is -0.606. The van der Waals surface area contributed by atoms with E-state index in [-0.39, 0.29) is 12.5 Å². The molecular formula is C12H10IN3O3. The predicted octanol–water partition coefficient (Wildman–Crippen LogP) is 0.780. The van der Waals surface area contributed by atoms with Crippen LogP contribution in [-0.4, -0.2) is 15.5 Å². The molecule has 2 rings (SSSR count). The maximum Gasteiger partial charge on any atom is 0.328 e. The fraction of sp³-hybridized carbons (Fsp3) is 0.0833. The van der Waals surface area contributed by atoms with Crippen LogP contribution < -0.4 is 16.6 Å². The maximum absolute atomic E-state index is 11.7. The number of carbonyl (C=O) groups is 1. The number of benzene rings is 1. The summed E-state index contributed by atoms with van der Waals surface area (Å²) in [5.41, 5.74) is -0.438. The highest BCUT2D eigenvalue weighted by atomic mass is 127. The maximum atomic E-state index is 11.7. The number of carbonyl (C=O) groups excluding carboxylic acids is 1. The van der Waals surface area contributed by atoms with Crippen molar-refractivity contribution in [2.45, 2.75) is 6.54 Å². The number of aromatic amines is 1. The van der Waals surface area contributed by atoms with Crippen molar-refractivity contribution >= 4 is 34.2 Å². The molecule has 0 aliphatic heterocycles. The number of hydrogen-bond acceptors (Lipinski definition) is 3. The van der Waals surface area contributed by atoms with Crippen molar-refractivity contribution in [3.8, 4) is 0 Å². The molecule has 0 fully saturated rings. The lowest BCUT2D eigenvalue weighted by Gasteiger charge is -2.06. The number of aromatic nitrogens is 2. The molecule has 0 saturated heterocycles. The third-order valence-corrected chi connectivity index (χ3v) is 3.06. The zero-order valence-electron chi connectivity index (χ0n) is 9.72. The highest BCUT2D eigenvalue weighted by Crippen LogP contribution is 2.10. The van der Waals surface area contributed by atoms with E-state index in [0.29, 0.717) is 5.69 Å². The Morgan fingerprint density at radius 3 is 2.53 bits per heavy atom. The normalized spacial score (nSPS) is 10.2. The van der Waals surface area contributed by atoms with Gasteiger partial charge in [-0.05, 0) is 46.9 Å². The number of nitrogens with zero attached hydrogens (tertiary/aromatic N) is 1. The predicted molar refractivity (Wildman–Crippen MR) is 79.1 cm³/mol. The van der Waals surface area contributed by atoms with Gasteiger partial charge in [0.05, 0.1) is 0 Å². The SMILES string of the molecule is O=C(Cn1ccc(=O)[nH]c1=O)Nc1ccc(I)cc1. The smallest absolute Gasteiger partial charge is 0.325 e. The second kappa shape index (κ2) is 5.83. The molecular weight excluding hydrogens is 361 g/mol. The monoisotopic (exact) mass is 371 g/mol. The van der Waals surface area contributed by atoms with Crippen molar-refractivity contribution in [1.82, 2.24) is 9.55 Å². The Hall–Kier alpha value is -1.90. The zero-order chi connectivity index (χ0) is 13.8. The second-order valence-corrected chi connectivity index (χ2v) is 5.04. The van der Waals surface area contributed by atoms with Crippen molar-refractivity contribution in [2.75, 3.05) is 5.32 Å². The van der Waals surface area contributed by atoms with Crippen LogP contribution in [-0.2, 0) is 11.3 Å². The van der Waals surface area contributed by atoms with Gasteiger partial charge in [-0.15, -0.1) is 0 Å². The topological polar surface area (TPSA) is 84.0 Å². The molecule has 2 N–H and O–H groups in total. The molecule has 1 heterocycles. The summed E-state index contributed by atoms with van der Waals surface area (Å²) >= 11 is 2.16. The quantitative estimate of drug-likeness (QED) is 0.783. The summed E-state index contributed by atoms with van der Waals surface area (Å²) in [5.74, 6) is -0.338. The van der Waals surface area contributed by atoms with E-state index in [1.807, 2.05) is 12.1 Å². The van der Waals surface area contributed by atoms with Gasteiger partial charge in [-0.2, -0.15) is 0 Å². The number of hydrogen-bond donors (Lipinski definition) is 2. The molecule has 0 saturated carbocycles. The summed E-state index contributed by atoms with van der Waals surface area (Å²) in [7, 11) is 0. The Bertz CT molecular complexity index is 703. The number of nitrogens with one attached hydrogen (secondary N) is 2. The highest BCUT2D eigenvalue weighted by molar-refractivity contribution is 14.1. The van der Waals surface area contributed by atoms with Crippen molar-refractivity contribution < 1.29 is 4.79 Å². The van der Waals surface area contributed by atoms with Gasteiger partial charge in [0.15, 0.2) is 0 Å². The standard InChI is InChI=1S/C12H10IN3O3/c13-8-1-3-9(4-2-8)14-11(18)7-16-6-5-10(17)15-12(16)19/h1-6H,7H2,(H,14,18)(H,15,17,19). The Labute approximate surface area is 121 Å². The average Bonchev–Trinajstić information content (AvgIpc) is 2.36. The second-order valence-electron chi connectivity index (χ2n) is 3.79. The summed E-state index contributed by atoms with van der Waals surface area (Å²) in [5, 5.41) is 2.67. The average molecular weight is 371 g/mol. The van der Waals surface area contributed by atoms with Crippen LogP contribution in [0.4, 0.5) is 5.69 Å². The first-order valence-electron chi connectivity index (χ1n) is 5.40. The molecule has 0 spiro atoms. The van der Waals surface area contributed by atoms with E-state index >= 15 is 0 Å². The Morgan fingerprint density at radius 2 is 1.89 bits per heavy atom. The summed E-state index contributed by atoms with van der Waals surface area (Å²) in [6.45, 7) is -0.151. The number of halogens is 1. The van der Waals surface area contributed by atoms with E-state index in [1.165, 1.54) is 12.3 Å². The van der Waals surface area contributed by atoms with E-state index in [4.69, 9.17) is 0 Å². The van der Waals surface area contributed by atoms with Crippen LogP contribution >= 0.6 is 22.6 Å². The number of anilines is 1. The third kappa shape index (κ3) is 3.78. The molecule has 19 heavy (non-hydrogen) atoms. The van der Waals surface area contributed by atoms with Gasteiger partial charge in [0, 0.05) is 21.5 Å². The Balaban J connectivity index is 2.07. The summed E-state index contributed by atoms with van der Waals surface area (Å²) in [6, 6.07) is 8.47. The molecule has 1 aromatic heterocycles. The first-order chi connectivity index (χ1) is 9.04. The largest absolute Gasteiger partial charge is 0.328 e. The van der Waals surface area contributed by atoms with Crippen LogP contribution in [0.2, 0.25) is 0 Å². The van der Waals surface area contributed by atoms with Crippen molar-refractivity contribution in [1.29, 1.82) is 0 Å². The summed E-state index contributed by atoms with van der Waals surface area (Å²) < 4.78 is 2.19. The fourth-order valence-corrected chi connectivity index (χ4v) is 1.82. The van der Waals surface area contributed by atoms with E-state index in [2.05, 4.69) is 32.9 Å². The van der Waals surface area contributed by atoms with Gasteiger partial charge in [-0.1, -0.05) is 0 Å². The summed E-state index contributed by atoms with van der Waals surface area (Å²) in [4.78, 5) is 36.1. The molecule has 0 bridgehead atoms. The van der Waals surface area contributed by atoms with Crippen molar-refractivity contribution in [3.63, 3.8) is 0 Å². The van der Waals surface area contributed by atoms with Crippen LogP contribution in [0.1, 0.15) is 0 Å². The van der Waals surface area contributed by atoms with Gasteiger partial charge in [0.2, 0.25) is 5.91 Å². The van der Waals surface area contributed by atoms with Crippen LogP contribution in [0.3, 0.4) is 0 Å². The lowest BCUT2D eigenvalue weighted by atomic mass is 10.3. The molecule has 0 aliphatic carbocycles. The molecule has 0 atom stereocenters. The van der Waals surface area contributed by atoms with E-state index < -0.39 is 11.2 Å². The molecule has 98 valence electrons. The van der Waals surface area contributed by atoms with Crippen LogP contribution in [0, 0.1) is 3.57 Å². The highest BCUT2D eigenvalue weighted by Gasteiger charge is 2.05. The number of amides is 1. The van der Waals surface area contributed by atoms with E-state index in [0.717, 1.165) is 8.14 Å². The Kier molecular flexibility index (Phi) is 4.15. The summed E-state index contributed by atoms with van der Waals surface area (Å²) in [6.07, 6.45) is 1.29. The van der Waals surface area contributed by atoms with Gasteiger partial charge in [-0.25, -0.2) is 4.79 Å². The van der Waals surface area contributed by atoms with E-state index in [1.54, 1.807) is 12.1 Å². The first kappa shape index (κ1) is 13.5. The zero-order valence-corrected chi connectivity index (χ0v) is 11.9. The van der Waals surface area contributed by atoms with Crippen LogP contribution in [0.5, 0.6) is 0 Å². The van der Waals surface area contributed by atoms with Crippen LogP contribution in [0.25, 0.3) is 0 Å². The lowest BCUT2D eigenvalue weighted by Crippen LogP contribution is -2.32. The van der Waals surface area contributed by atoms with E-state index in [9.17, 15) is 14.4 Å². The molecule has 0 unspecified atom stereocenters. The molecule has 7 heteroatoms. The molecule has 0 aliphatic rings. The van der Waals surface area contributed by atoms with Gasteiger partial charge in [-0.3, -0.25) is 19.1 Å². The molecule has 0 radical (unpaired) electrons. The van der Waals surface area contributed by atoms with Gasteiger partial charge in [0.25, 0.3) is 5.56 Å². The van der Waals surface area contributed by atoms with Crippen molar-refractivity contribution in [2.24, 2.45) is 0 Å². The van der Waals surface area contributed by atoms with Crippen molar-refractivity contribution in [3.05, 3.63) is 60.9 Å². The van der Waals surface area contributed by atoms with Crippen LogP contribution in [0.15, 0.2) is 46.1 Å². The molecule has 6 nitrogen and oxygen atoms in total. The number of H-pyrrole nitrogens is 1. The minimum Gasteiger partial charge on any atom is -0.325 e. The third-order valence-electron chi connectivity index (χ3n) is 2.34. The lowest BCUT2D eigenvalue weighted by molar-refractivity contribution is -0.116. The molecule has 1 aromatic carbocycles. The first-order valence-corrected chi connectivity index (χ1v) is 6.48. The van der Waals surface area contributed by atoms with Gasteiger partial charge >= 0.3 is 5.69 Å². The van der Waals surface area contributed by atoms with Gasteiger partial charge < -0.3 is 5.32 Å². The minimum absolute atomic E-state index is 0.151. The Morgan fingerprint density at radius 1 is 1.21 bits per heavy atom. The number of rotatable bonds is 3. The molecule has 2 aromatic rings.